The Kier molecular flexibility index (Phi) is 7.50. The van der Waals surface area contributed by atoms with Crippen LogP contribution in [0.15, 0.2) is 11.6 Å². The molecule has 0 aliphatic heterocycles. The van der Waals surface area contributed by atoms with Crippen molar-refractivity contribution in [1.29, 1.82) is 0 Å². The Hall–Kier alpha value is -1.28. The van der Waals surface area contributed by atoms with Crippen molar-refractivity contribution in [3.05, 3.63) is 11.6 Å². The number of allylic oxidation sites excluding steroid dienone is 1. The molecule has 4 rings (SSSR count). The van der Waals surface area contributed by atoms with E-state index in [0.717, 1.165) is 24.8 Å². The Morgan fingerprint density at radius 1 is 1.21 bits per heavy atom. The van der Waals surface area contributed by atoms with Gasteiger partial charge in [0.15, 0.2) is 12.4 Å². The fourth-order valence-electron chi connectivity index (χ4n) is 7.73. The highest BCUT2D eigenvalue weighted by Gasteiger charge is 2.68. The van der Waals surface area contributed by atoms with E-state index in [0.29, 0.717) is 38.6 Å². The molecule has 0 aromatic carbocycles. The van der Waals surface area contributed by atoms with Crippen molar-refractivity contribution in [1.82, 2.24) is 0 Å². The Morgan fingerprint density at radius 3 is 2.64 bits per heavy atom. The zero-order valence-corrected chi connectivity index (χ0v) is 20.5. The maximum Gasteiger partial charge on any atom is 0.306 e. The third-order valence-electron chi connectivity index (χ3n) is 9.46. The quantitative estimate of drug-likeness (QED) is 0.495. The Bertz CT molecular complexity index is 845. The van der Waals surface area contributed by atoms with Crippen LogP contribution in [-0.2, 0) is 19.1 Å². The summed E-state index contributed by atoms with van der Waals surface area (Å²) in [5.41, 5.74) is 3.98. The first-order valence-corrected chi connectivity index (χ1v) is 12.1. The van der Waals surface area contributed by atoms with Crippen LogP contribution in [0.4, 0.5) is 0 Å². The van der Waals surface area contributed by atoms with Gasteiger partial charge in [0, 0.05) is 18.3 Å². The van der Waals surface area contributed by atoms with Crippen LogP contribution in [0.2, 0.25) is 0 Å². The van der Waals surface area contributed by atoms with Crippen LogP contribution >= 0.6 is 12.4 Å². The third-order valence-corrected chi connectivity index (χ3v) is 9.46. The Labute approximate surface area is 201 Å². The Morgan fingerprint density at radius 2 is 1.94 bits per heavy atom. The van der Waals surface area contributed by atoms with Crippen molar-refractivity contribution in [3.8, 4) is 0 Å². The van der Waals surface area contributed by atoms with E-state index in [9.17, 15) is 24.6 Å². The van der Waals surface area contributed by atoms with Crippen molar-refractivity contribution in [2.24, 2.45) is 34.3 Å². The topological polar surface area (TPSA) is 127 Å². The molecule has 4 aliphatic carbocycles. The first kappa shape index (κ1) is 26.3. The molecule has 0 spiro atoms. The monoisotopic (exact) mass is 483 g/mol. The fraction of sp³-hybridized carbons (Fsp3) is 0.800. The van der Waals surface area contributed by atoms with E-state index in [1.165, 1.54) is 0 Å². The summed E-state index contributed by atoms with van der Waals surface area (Å²) >= 11 is 0. The van der Waals surface area contributed by atoms with Gasteiger partial charge in [-0.15, -0.1) is 12.4 Å². The minimum absolute atomic E-state index is 0. The molecule has 0 bridgehead atoms. The number of carbonyl (C=O) groups excluding carboxylic acids is 3. The van der Waals surface area contributed by atoms with Gasteiger partial charge in [-0.2, -0.15) is 0 Å². The van der Waals surface area contributed by atoms with Crippen LogP contribution < -0.4 is 5.73 Å². The lowest BCUT2D eigenvalue weighted by atomic mass is 9.45. The second-order valence-corrected chi connectivity index (χ2v) is 11.0. The number of fused-ring (bicyclic) bond motifs is 5. The summed E-state index contributed by atoms with van der Waals surface area (Å²) < 4.78 is 5.13. The number of hydrogen-bond donors (Lipinski definition) is 3. The molecule has 8 heteroatoms. The van der Waals surface area contributed by atoms with Crippen molar-refractivity contribution in [3.63, 3.8) is 0 Å². The molecule has 0 aromatic heterocycles. The SMILES string of the molecule is C[C@]12CCC(=O)C=C1CC[C@@H]1[C@@H]2[C@@H](O)C[C@@]2(C)[C@H]1CC[C@]2(O)C(=O)COC(=O)CCCN.Cl. The molecule has 33 heavy (non-hydrogen) atoms. The van der Waals surface area contributed by atoms with Gasteiger partial charge in [-0.3, -0.25) is 14.4 Å². The smallest absolute Gasteiger partial charge is 0.306 e. The third kappa shape index (κ3) is 4.09. The van der Waals surface area contributed by atoms with E-state index in [2.05, 4.69) is 6.92 Å². The Balaban J connectivity index is 0.00000306. The highest BCUT2D eigenvalue weighted by atomic mass is 35.5. The molecule has 3 saturated carbocycles. The van der Waals surface area contributed by atoms with Crippen LogP contribution in [0, 0.1) is 28.6 Å². The molecule has 0 aromatic rings. The molecule has 3 fully saturated rings. The van der Waals surface area contributed by atoms with E-state index < -0.39 is 35.5 Å². The summed E-state index contributed by atoms with van der Waals surface area (Å²) in [5.74, 6) is -0.461. The highest BCUT2D eigenvalue weighted by molar-refractivity contribution is 5.92. The zero-order valence-electron chi connectivity index (χ0n) is 19.7. The van der Waals surface area contributed by atoms with Crippen LogP contribution in [0.1, 0.15) is 71.6 Å². The second kappa shape index (κ2) is 9.40. The summed E-state index contributed by atoms with van der Waals surface area (Å²) in [5, 5.41) is 23.0. The van der Waals surface area contributed by atoms with Crippen molar-refractivity contribution in [2.45, 2.75) is 83.3 Å². The number of carbonyl (C=O) groups is 3. The molecule has 4 aliphatic rings. The molecular weight excluding hydrogens is 446 g/mol. The average molecular weight is 484 g/mol. The lowest BCUT2D eigenvalue weighted by molar-refractivity contribution is -0.184. The first-order valence-electron chi connectivity index (χ1n) is 12.1. The van der Waals surface area contributed by atoms with Gasteiger partial charge < -0.3 is 20.7 Å². The molecule has 186 valence electrons. The van der Waals surface area contributed by atoms with E-state index >= 15 is 0 Å². The van der Waals surface area contributed by atoms with Crippen LogP contribution in [0.5, 0.6) is 0 Å². The van der Waals surface area contributed by atoms with Crippen LogP contribution in [-0.4, -0.2) is 52.6 Å². The van der Waals surface area contributed by atoms with Gasteiger partial charge in [-0.1, -0.05) is 19.4 Å². The minimum atomic E-state index is -1.61. The highest BCUT2D eigenvalue weighted by Crippen LogP contribution is 2.67. The molecule has 0 heterocycles. The second-order valence-electron chi connectivity index (χ2n) is 11.0. The van der Waals surface area contributed by atoms with Crippen LogP contribution in [0.3, 0.4) is 0 Å². The fourth-order valence-corrected chi connectivity index (χ4v) is 7.73. The predicted octanol–water partition coefficient (Wildman–Crippen LogP) is 2.49. The van der Waals surface area contributed by atoms with Crippen molar-refractivity contribution >= 4 is 29.9 Å². The summed E-state index contributed by atoms with van der Waals surface area (Å²) in [4.78, 5) is 37.0. The molecule has 0 amide bonds. The number of nitrogens with two attached hydrogens (primary N) is 1. The van der Waals surface area contributed by atoms with Gasteiger partial charge in [0.25, 0.3) is 0 Å². The van der Waals surface area contributed by atoms with Crippen molar-refractivity contribution < 1.29 is 29.3 Å². The molecule has 7 nitrogen and oxygen atoms in total. The van der Waals surface area contributed by atoms with Gasteiger partial charge in [0.2, 0.25) is 5.78 Å². The number of halogens is 1. The standard InChI is InChI=1S/C25H37NO6.ClH/c1-23-9-7-16(27)12-15(23)5-6-17-18-8-10-25(31,24(18,2)13-19(28)22(17)23)20(29)14-32-21(30)4-3-11-26;/h12,17-19,22,28,31H,3-11,13-14,26H2,1-2H3;1H/t17-,18-,19-,22+,23-,24-,25-;/m0./s1. The summed E-state index contributed by atoms with van der Waals surface area (Å²) in [6.07, 6.45) is 6.09. The normalized spacial score (nSPS) is 41.7. The maximum atomic E-state index is 13.1. The first-order chi connectivity index (χ1) is 15.1. The number of aliphatic hydroxyl groups excluding tert-OH is 1. The summed E-state index contributed by atoms with van der Waals surface area (Å²) in [6, 6.07) is 0. The van der Waals surface area contributed by atoms with E-state index in [1.54, 1.807) is 6.08 Å². The molecule has 0 saturated heterocycles. The van der Waals surface area contributed by atoms with Crippen molar-refractivity contribution in [2.75, 3.05) is 13.2 Å². The number of hydrogen-bond acceptors (Lipinski definition) is 7. The lowest BCUT2D eigenvalue weighted by Gasteiger charge is -2.60. The summed E-state index contributed by atoms with van der Waals surface area (Å²) in [7, 11) is 0. The van der Waals surface area contributed by atoms with Gasteiger partial charge in [-0.05, 0) is 80.7 Å². The number of rotatable bonds is 6. The number of ether oxygens (including phenoxy) is 1. The minimum Gasteiger partial charge on any atom is -0.458 e. The van der Waals surface area contributed by atoms with E-state index in [1.807, 2.05) is 6.92 Å². The zero-order chi connectivity index (χ0) is 23.3. The van der Waals surface area contributed by atoms with Gasteiger partial charge in [-0.25, -0.2) is 0 Å². The predicted molar refractivity (Wildman–Crippen MR) is 125 cm³/mol. The largest absolute Gasteiger partial charge is 0.458 e. The average Bonchev–Trinajstić information content (AvgIpc) is 3.02. The number of Topliss-reactive ketones (excluding diaryl/α,β-unsaturated/α-hetero) is 1. The van der Waals surface area contributed by atoms with Gasteiger partial charge in [0.05, 0.1) is 6.10 Å². The van der Waals surface area contributed by atoms with Gasteiger partial charge >= 0.3 is 5.97 Å². The number of esters is 1. The summed E-state index contributed by atoms with van der Waals surface area (Å²) in [6.45, 7) is 4.04. The molecule has 7 atom stereocenters. The molecule has 0 radical (unpaired) electrons. The van der Waals surface area contributed by atoms with Gasteiger partial charge in [0.1, 0.15) is 5.60 Å². The van der Waals surface area contributed by atoms with Crippen LogP contribution in [0.25, 0.3) is 0 Å². The number of aliphatic hydroxyl groups is 2. The van der Waals surface area contributed by atoms with E-state index in [-0.39, 0.29) is 47.8 Å². The molecule has 0 unspecified atom stereocenters. The lowest BCUT2D eigenvalue weighted by Crippen LogP contribution is -2.62. The number of ketones is 2. The maximum absolute atomic E-state index is 13.1. The van der Waals surface area contributed by atoms with E-state index in [4.69, 9.17) is 10.5 Å². The molecular formula is C25H38ClNO6. The molecule has 4 N–H and O–H groups in total.